The third-order valence-corrected chi connectivity index (χ3v) is 3.45. The number of hydrogen-bond acceptors (Lipinski definition) is 3. The molecule has 86 valence electrons. The Bertz CT molecular complexity index is 242. The second-order valence-corrected chi connectivity index (χ2v) is 5.29. The molecule has 2 N–H and O–H groups in total. The fourth-order valence-corrected chi connectivity index (χ4v) is 2.22. The van der Waals surface area contributed by atoms with Crippen LogP contribution in [0, 0.1) is 17.2 Å². The molecule has 1 saturated heterocycles. The average Bonchev–Trinajstić information content (AvgIpc) is 2.16. The van der Waals surface area contributed by atoms with E-state index >= 15 is 0 Å². The Hall–Kier alpha value is -0.590. The van der Waals surface area contributed by atoms with E-state index in [0.717, 1.165) is 25.4 Å². The van der Waals surface area contributed by atoms with Gasteiger partial charge in [0.25, 0.3) is 0 Å². The standard InChI is InChI=1S/C12H23N3/c1-10-4-6-15(11(2)8-10)7-5-12(3,14)9-13/h10-11H,4-8,14H2,1-3H3. The van der Waals surface area contributed by atoms with Crippen molar-refractivity contribution in [3.8, 4) is 6.07 Å². The van der Waals surface area contributed by atoms with E-state index in [0.29, 0.717) is 6.04 Å². The van der Waals surface area contributed by atoms with Crippen molar-refractivity contribution in [3.63, 3.8) is 0 Å². The van der Waals surface area contributed by atoms with Gasteiger partial charge in [-0.3, -0.25) is 0 Å². The summed E-state index contributed by atoms with van der Waals surface area (Å²) in [5.74, 6) is 0.844. The highest BCUT2D eigenvalue weighted by atomic mass is 15.2. The van der Waals surface area contributed by atoms with E-state index in [9.17, 15) is 0 Å². The largest absolute Gasteiger partial charge is 0.314 e. The van der Waals surface area contributed by atoms with Crippen LogP contribution in [-0.2, 0) is 0 Å². The molecule has 0 radical (unpaired) electrons. The lowest BCUT2D eigenvalue weighted by molar-refractivity contribution is 0.123. The fraction of sp³-hybridized carbons (Fsp3) is 0.917. The van der Waals surface area contributed by atoms with Gasteiger partial charge in [0, 0.05) is 12.6 Å². The first-order valence-corrected chi connectivity index (χ1v) is 5.89. The summed E-state index contributed by atoms with van der Waals surface area (Å²) >= 11 is 0. The summed E-state index contributed by atoms with van der Waals surface area (Å²) in [5.41, 5.74) is 5.15. The Kier molecular flexibility index (Phi) is 4.12. The molecular weight excluding hydrogens is 186 g/mol. The number of nitriles is 1. The van der Waals surface area contributed by atoms with Crippen LogP contribution in [0.2, 0.25) is 0 Å². The Balaban J connectivity index is 2.37. The molecule has 0 aromatic rings. The molecule has 3 heteroatoms. The van der Waals surface area contributed by atoms with Crippen molar-refractivity contribution in [2.75, 3.05) is 13.1 Å². The van der Waals surface area contributed by atoms with Crippen molar-refractivity contribution in [1.82, 2.24) is 4.90 Å². The summed E-state index contributed by atoms with van der Waals surface area (Å²) in [6.45, 7) is 8.51. The molecule has 0 bridgehead atoms. The summed E-state index contributed by atoms with van der Waals surface area (Å²) in [5, 5.41) is 8.84. The van der Waals surface area contributed by atoms with Crippen LogP contribution >= 0.6 is 0 Å². The lowest BCUT2D eigenvalue weighted by Crippen LogP contribution is -2.44. The third kappa shape index (κ3) is 3.81. The molecule has 3 nitrogen and oxygen atoms in total. The maximum absolute atomic E-state index is 8.84. The molecular formula is C12H23N3. The zero-order chi connectivity index (χ0) is 11.5. The third-order valence-electron chi connectivity index (χ3n) is 3.45. The molecule has 1 aliphatic heterocycles. The smallest absolute Gasteiger partial charge is 0.102 e. The van der Waals surface area contributed by atoms with Crippen LogP contribution in [0.4, 0.5) is 0 Å². The fourth-order valence-electron chi connectivity index (χ4n) is 2.22. The number of nitrogens with zero attached hydrogens (tertiary/aromatic N) is 2. The van der Waals surface area contributed by atoms with E-state index in [1.54, 1.807) is 0 Å². The van der Waals surface area contributed by atoms with Crippen LogP contribution in [0.25, 0.3) is 0 Å². The van der Waals surface area contributed by atoms with E-state index in [4.69, 9.17) is 11.0 Å². The maximum Gasteiger partial charge on any atom is 0.102 e. The Morgan fingerprint density at radius 3 is 2.73 bits per heavy atom. The maximum atomic E-state index is 8.84. The van der Waals surface area contributed by atoms with Crippen LogP contribution in [-0.4, -0.2) is 29.6 Å². The molecule has 0 amide bonds. The molecule has 0 spiro atoms. The summed E-state index contributed by atoms with van der Waals surface area (Å²) in [6, 6.07) is 2.80. The second kappa shape index (κ2) is 4.96. The van der Waals surface area contributed by atoms with Gasteiger partial charge in [-0.2, -0.15) is 5.26 Å². The van der Waals surface area contributed by atoms with Gasteiger partial charge in [0.15, 0.2) is 0 Å². The first-order valence-electron chi connectivity index (χ1n) is 5.89. The normalized spacial score (nSPS) is 31.9. The van der Waals surface area contributed by atoms with Crippen molar-refractivity contribution < 1.29 is 0 Å². The number of likely N-dealkylation sites (tertiary alicyclic amines) is 1. The molecule has 0 aliphatic carbocycles. The second-order valence-electron chi connectivity index (χ2n) is 5.29. The summed E-state index contributed by atoms with van der Waals surface area (Å²) in [4.78, 5) is 2.46. The van der Waals surface area contributed by atoms with E-state index in [-0.39, 0.29) is 0 Å². The average molecular weight is 209 g/mol. The molecule has 0 aromatic carbocycles. The SMILES string of the molecule is CC1CCN(CCC(C)(N)C#N)C(C)C1. The predicted molar refractivity (Wildman–Crippen MR) is 62.3 cm³/mol. The summed E-state index contributed by atoms with van der Waals surface area (Å²) in [6.07, 6.45) is 3.31. The van der Waals surface area contributed by atoms with Crippen molar-refractivity contribution in [2.45, 2.75) is 51.6 Å². The minimum absolute atomic E-state index is 0.642. The number of hydrogen-bond donors (Lipinski definition) is 1. The van der Waals surface area contributed by atoms with Crippen molar-refractivity contribution in [2.24, 2.45) is 11.7 Å². The Morgan fingerprint density at radius 2 is 2.20 bits per heavy atom. The monoisotopic (exact) mass is 209 g/mol. The highest BCUT2D eigenvalue weighted by molar-refractivity contribution is 5.01. The first-order chi connectivity index (χ1) is 6.94. The van der Waals surface area contributed by atoms with Gasteiger partial charge < -0.3 is 10.6 Å². The van der Waals surface area contributed by atoms with Crippen LogP contribution < -0.4 is 5.73 Å². The van der Waals surface area contributed by atoms with Crippen LogP contribution in [0.5, 0.6) is 0 Å². The Labute approximate surface area is 93.2 Å². The van der Waals surface area contributed by atoms with Gasteiger partial charge in [-0.1, -0.05) is 6.92 Å². The van der Waals surface area contributed by atoms with Gasteiger partial charge in [0.05, 0.1) is 6.07 Å². The molecule has 1 fully saturated rings. The predicted octanol–water partition coefficient (Wildman–Crippen LogP) is 1.74. The van der Waals surface area contributed by atoms with Gasteiger partial charge in [-0.15, -0.1) is 0 Å². The molecule has 1 aliphatic rings. The lowest BCUT2D eigenvalue weighted by Gasteiger charge is -2.37. The molecule has 1 heterocycles. The zero-order valence-electron chi connectivity index (χ0n) is 10.2. The van der Waals surface area contributed by atoms with Crippen LogP contribution in [0.3, 0.4) is 0 Å². The van der Waals surface area contributed by atoms with Crippen LogP contribution in [0.1, 0.15) is 40.0 Å². The van der Waals surface area contributed by atoms with Gasteiger partial charge in [0.2, 0.25) is 0 Å². The van der Waals surface area contributed by atoms with E-state index < -0.39 is 5.54 Å². The molecule has 3 unspecified atom stereocenters. The Morgan fingerprint density at radius 1 is 1.53 bits per heavy atom. The first kappa shape index (κ1) is 12.5. The summed E-state index contributed by atoms with van der Waals surface area (Å²) < 4.78 is 0. The summed E-state index contributed by atoms with van der Waals surface area (Å²) in [7, 11) is 0. The molecule has 1 rings (SSSR count). The minimum Gasteiger partial charge on any atom is -0.314 e. The highest BCUT2D eigenvalue weighted by Crippen LogP contribution is 2.22. The highest BCUT2D eigenvalue weighted by Gasteiger charge is 2.25. The topological polar surface area (TPSA) is 53.0 Å². The van der Waals surface area contributed by atoms with E-state index in [1.165, 1.54) is 12.8 Å². The number of piperidine rings is 1. The van der Waals surface area contributed by atoms with Gasteiger partial charge in [-0.05, 0) is 45.6 Å². The zero-order valence-corrected chi connectivity index (χ0v) is 10.2. The molecule has 0 saturated carbocycles. The van der Waals surface area contributed by atoms with Crippen LogP contribution in [0.15, 0.2) is 0 Å². The van der Waals surface area contributed by atoms with Gasteiger partial charge >= 0.3 is 0 Å². The van der Waals surface area contributed by atoms with Gasteiger partial charge in [-0.25, -0.2) is 0 Å². The van der Waals surface area contributed by atoms with Gasteiger partial charge in [0.1, 0.15) is 5.54 Å². The molecule has 0 aromatic heterocycles. The number of rotatable bonds is 3. The van der Waals surface area contributed by atoms with Crippen molar-refractivity contribution in [3.05, 3.63) is 0 Å². The molecule has 15 heavy (non-hydrogen) atoms. The van der Waals surface area contributed by atoms with E-state index in [1.807, 2.05) is 6.92 Å². The minimum atomic E-state index is -0.664. The molecule has 3 atom stereocenters. The quantitative estimate of drug-likeness (QED) is 0.770. The van der Waals surface area contributed by atoms with Crippen molar-refractivity contribution >= 4 is 0 Å². The van der Waals surface area contributed by atoms with E-state index in [2.05, 4.69) is 24.8 Å². The lowest BCUT2D eigenvalue weighted by atomic mass is 9.92. The number of nitrogens with two attached hydrogens (primary N) is 1. The van der Waals surface area contributed by atoms with Crippen molar-refractivity contribution in [1.29, 1.82) is 5.26 Å².